The monoisotopic (exact) mass is 322 g/mol. The number of hydrogen-bond donors (Lipinski definition) is 0. The summed E-state index contributed by atoms with van der Waals surface area (Å²) in [6, 6.07) is 0. The minimum Gasteiger partial charge on any atom is -0.462 e. The maximum absolute atomic E-state index is 11.8. The zero-order valence-corrected chi connectivity index (χ0v) is 14.8. The summed E-state index contributed by atoms with van der Waals surface area (Å²) < 4.78 is 10.9. The number of carbonyl (C=O) groups is 2. The van der Waals surface area contributed by atoms with Crippen LogP contribution in [0.3, 0.4) is 0 Å². The summed E-state index contributed by atoms with van der Waals surface area (Å²) in [5, 5.41) is 0. The maximum Gasteiger partial charge on any atom is 0.333 e. The second kappa shape index (κ2) is 8.90. The fraction of sp³-hybridized carbons (Fsp3) is 0.684. The van der Waals surface area contributed by atoms with Gasteiger partial charge in [-0.3, -0.25) is 0 Å². The smallest absolute Gasteiger partial charge is 0.333 e. The molecule has 4 nitrogen and oxygen atoms in total. The first-order valence-corrected chi connectivity index (χ1v) is 8.47. The van der Waals surface area contributed by atoms with Crippen LogP contribution in [-0.2, 0) is 19.1 Å². The van der Waals surface area contributed by atoms with Crippen molar-refractivity contribution >= 4 is 11.9 Å². The first-order valence-electron chi connectivity index (χ1n) is 8.47. The van der Waals surface area contributed by atoms with Crippen LogP contribution in [0.5, 0.6) is 0 Å². The van der Waals surface area contributed by atoms with Crippen LogP contribution in [-0.4, -0.2) is 25.2 Å². The number of rotatable bonds is 8. The highest BCUT2D eigenvalue weighted by atomic mass is 16.5. The molecule has 0 amide bonds. The van der Waals surface area contributed by atoms with Gasteiger partial charge in [0, 0.05) is 16.6 Å². The number of esters is 2. The lowest BCUT2D eigenvalue weighted by Gasteiger charge is -2.41. The molecule has 0 spiro atoms. The van der Waals surface area contributed by atoms with Gasteiger partial charge in [0.1, 0.15) is 13.2 Å². The quantitative estimate of drug-likeness (QED) is 0.496. The Kier molecular flexibility index (Phi) is 7.53. The van der Waals surface area contributed by atoms with E-state index >= 15 is 0 Å². The first-order chi connectivity index (χ1) is 10.8. The molecule has 1 fully saturated rings. The van der Waals surface area contributed by atoms with Crippen LogP contribution >= 0.6 is 0 Å². The van der Waals surface area contributed by atoms with E-state index in [1.54, 1.807) is 13.8 Å². The fourth-order valence-corrected chi connectivity index (χ4v) is 3.15. The summed E-state index contributed by atoms with van der Waals surface area (Å²) in [5.74, 6) is -0.369. The lowest BCUT2D eigenvalue weighted by Crippen LogP contribution is -2.41. The van der Waals surface area contributed by atoms with Crippen LogP contribution in [0.15, 0.2) is 24.3 Å². The summed E-state index contributed by atoms with van der Waals surface area (Å²) >= 11 is 0. The lowest BCUT2D eigenvalue weighted by atomic mass is 9.68. The van der Waals surface area contributed by atoms with E-state index in [0.29, 0.717) is 17.1 Å². The zero-order valence-electron chi connectivity index (χ0n) is 14.8. The molecule has 0 aromatic heterocycles. The molecule has 130 valence electrons. The number of carbonyl (C=O) groups excluding carboxylic acids is 2. The van der Waals surface area contributed by atoms with E-state index in [1.165, 1.54) is 19.3 Å². The summed E-state index contributed by atoms with van der Waals surface area (Å²) in [6.07, 6.45) is 6.56. The van der Waals surface area contributed by atoms with Crippen LogP contribution in [0.2, 0.25) is 0 Å². The van der Waals surface area contributed by atoms with E-state index in [1.807, 2.05) is 0 Å². The van der Waals surface area contributed by atoms with Crippen molar-refractivity contribution < 1.29 is 19.1 Å². The van der Waals surface area contributed by atoms with Crippen LogP contribution < -0.4 is 0 Å². The van der Waals surface area contributed by atoms with Crippen LogP contribution in [0, 0.1) is 11.3 Å². The largest absolute Gasteiger partial charge is 0.462 e. The summed E-state index contributed by atoms with van der Waals surface area (Å²) in [7, 11) is 0. The molecule has 1 rings (SSSR count). The Hall–Kier alpha value is -1.58. The second-order valence-corrected chi connectivity index (χ2v) is 6.76. The predicted molar refractivity (Wildman–Crippen MR) is 90.8 cm³/mol. The van der Waals surface area contributed by atoms with E-state index in [9.17, 15) is 9.59 Å². The van der Waals surface area contributed by atoms with Gasteiger partial charge in [-0.15, -0.1) is 0 Å². The van der Waals surface area contributed by atoms with Gasteiger partial charge in [0.25, 0.3) is 0 Å². The molecule has 1 saturated carbocycles. The molecule has 0 aromatic rings. The summed E-state index contributed by atoms with van der Waals surface area (Å²) in [6.45, 7) is 13.1. The summed E-state index contributed by atoms with van der Waals surface area (Å²) in [5.41, 5.74) is 0.451. The fourth-order valence-electron chi connectivity index (χ4n) is 3.15. The van der Waals surface area contributed by atoms with E-state index in [4.69, 9.17) is 9.47 Å². The highest BCUT2D eigenvalue weighted by Gasteiger charge is 2.40. The minimum absolute atomic E-state index is 0.267. The van der Waals surface area contributed by atoms with Gasteiger partial charge >= 0.3 is 11.9 Å². The topological polar surface area (TPSA) is 52.6 Å². The molecule has 1 aliphatic carbocycles. The molecule has 0 atom stereocenters. The lowest BCUT2D eigenvalue weighted by molar-refractivity contribution is -0.153. The van der Waals surface area contributed by atoms with Gasteiger partial charge in [-0.2, -0.15) is 0 Å². The Balaban J connectivity index is 2.86. The van der Waals surface area contributed by atoms with Crippen molar-refractivity contribution in [2.75, 3.05) is 13.2 Å². The van der Waals surface area contributed by atoms with E-state index in [2.05, 4.69) is 20.1 Å². The van der Waals surface area contributed by atoms with Crippen molar-refractivity contribution in [2.24, 2.45) is 11.3 Å². The standard InChI is InChI=1S/C19H30O4/c1-6-19(12-22-17(20)14(2)3,13-23-18(21)15(4)5)16-10-8-7-9-11-16/h16H,2,4,6-13H2,1,3,5H3. The molecular formula is C19H30O4. The Labute approximate surface area is 139 Å². The molecule has 0 radical (unpaired) electrons. The Morgan fingerprint density at radius 2 is 1.39 bits per heavy atom. The molecule has 0 aromatic carbocycles. The van der Waals surface area contributed by atoms with Crippen molar-refractivity contribution in [1.29, 1.82) is 0 Å². The molecule has 0 heterocycles. The average molecular weight is 322 g/mol. The molecule has 0 saturated heterocycles. The average Bonchev–Trinajstić information content (AvgIpc) is 2.55. The van der Waals surface area contributed by atoms with Gasteiger partial charge in [-0.25, -0.2) is 9.59 Å². The molecule has 4 heteroatoms. The highest BCUT2D eigenvalue weighted by molar-refractivity contribution is 5.87. The molecule has 0 aliphatic heterocycles. The second-order valence-electron chi connectivity index (χ2n) is 6.76. The third kappa shape index (κ3) is 5.52. The molecule has 0 bridgehead atoms. The Morgan fingerprint density at radius 1 is 0.957 bits per heavy atom. The van der Waals surface area contributed by atoms with Crippen LogP contribution in [0.25, 0.3) is 0 Å². The number of ether oxygens (including phenoxy) is 2. The Bertz CT molecular complexity index is 428. The minimum atomic E-state index is -0.384. The molecule has 1 aliphatic rings. The van der Waals surface area contributed by atoms with Crippen molar-refractivity contribution in [2.45, 2.75) is 59.3 Å². The normalized spacial score (nSPS) is 15.8. The maximum atomic E-state index is 11.8. The van der Waals surface area contributed by atoms with Gasteiger partial charge in [-0.05, 0) is 39.0 Å². The van der Waals surface area contributed by atoms with Crippen LogP contribution in [0.1, 0.15) is 59.3 Å². The van der Waals surface area contributed by atoms with Crippen LogP contribution in [0.4, 0.5) is 0 Å². The zero-order chi connectivity index (χ0) is 17.5. The number of hydrogen-bond acceptors (Lipinski definition) is 4. The molecule has 0 unspecified atom stereocenters. The molecule has 23 heavy (non-hydrogen) atoms. The highest BCUT2D eigenvalue weighted by Crippen LogP contribution is 2.42. The first kappa shape index (κ1) is 19.5. The van der Waals surface area contributed by atoms with Gasteiger partial charge in [-0.1, -0.05) is 39.3 Å². The van der Waals surface area contributed by atoms with E-state index in [0.717, 1.165) is 19.3 Å². The third-order valence-electron chi connectivity index (χ3n) is 4.85. The van der Waals surface area contributed by atoms with Crippen molar-refractivity contribution in [3.05, 3.63) is 24.3 Å². The summed E-state index contributed by atoms with van der Waals surface area (Å²) in [4.78, 5) is 23.6. The van der Waals surface area contributed by atoms with Crippen molar-refractivity contribution in [3.63, 3.8) is 0 Å². The van der Waals surface area contributed by atoms with Gasteiger partial charge < -0.3 is 9.47 Å². The van der Waals surface area contributed by atoms with Gasteiger partial charge in [0.15, 0.2) is 0 Å². The predicted octanol–water partition coefficient (Wildman–Crippen LogP) is 4.20. The Morgan fingerprint density at radius 3 is 1.74 bits per heavy atom. The van der Waals surface area contributed by atoms with E-state index in [-0.39, 0.29) is 30.6 Å². The van der Waals surface area contributed by atoms with Crippen molar-refractivity contribution in [3.8, 4) is 0 Å². The van der Waals surface area contributed by atoms with Gasteiger partial charge in [0.2, 0.25) is 0 Å². The third-order valence-corrected chi connectivity index (χ3v) is 4.85. The molecular weight excluding hydrogens is 292 g/mol. The van der Waals surface area contributed by atoms with Gasteiger partial charge in [0.05, 0.1) is 0 Å². The van der Waals surface area contributed by atoms with Crippen molar-refractivity contribution in [1.82, 2.24) is 0 Å². The molecule has 0 N–H and O–H groups in total. The SMILES string of the molecule is C=C(C)C(=O)OCC(CC)(COC(=O)C(=C)C)C1CCCCC1. The van der Waals surface area contributed by atoms with E-state index < -0.39 is 0 Å².